The van der Waals surface area contributed by atoms with Crippen molar-refractivity contribution < 1.29 is 4.74 Å². The molecule has 0 saturated carbocycles. The third kappa shape index (κ3) is 4.46. The van der Waals surface area contributed by atoms with Crippen LogP contribution in [-0.4, -0.2) is 32.2 Å². The minimum atomic E-state index is 0.256. The third-order valence-electron chi connectivity index (χ3n) is 3.30. The summed E-state index contributed by atoms with van der Waals surface area (Å²) < 4.78 is 5.24. The molecular formula is C15H24ClN3O. The van der Waals surface area contributed by atoms with Crippen molar-refractivity contribution in [1.29, 1.82) is 5.53 Å². The van der Waals surface area contributed by atoms with Gasteiger partial charge in [0, 0.05) is 31.3 Å². The van der Waals surface area contributed by atoms with Gasteiger partial charge in [0.2, 0.25) is 0 Å². The number of rotatable bonds is 9. The maximum atomic E-state index is 7.24. The molecule has 0 heterocycles. The Balaban J connectivity index is 3.06. The van der Waals surface area contributed by atoms with Crippen molar-refractivity contribution in [3.05, 3.63) is 23.8 Å². The summed E-state index contributed by atoms with van der Waals surface area (Å²) in [4.78, 5) is 2.24. The first-order chi connectivity index (χ1) is 9.67. The highest BCUT2D eigenvalue weighted by Gasteiger charge is 2.15. The number of nitrogens with zero attached hydrogens (tertiary/aromatic N) is 2. The standard InChI is InChI=1S/C15H24ClN3O/c1-4-5-13-10-14(6-7-15(13)18-17)19(9-8-16)12(2)11-20-3/h6-7,10,12,17H,4-5,8-9,11H2,1-3H3. The van der Waals surface area contributed by atoms with Gasteiger partial charge in [0.25, 0.3) is 0 Å². The van der Waals surface area contributed by atoms with Crippen molar-refractivity contribution in [2.24, 2.45) is 5.11 Å². The normalized spacial score (nSPS) is 12.2. The van der Waals surface area contributed by atoms with E-state index in [1.165, 1.54) is 0 Å². The zero-order valence-electron chi connectivity index (χ0n) is 12.5. The minimum absolute atomic E-state index is 0.256. The molecular weight excluding hydrogens is 274 g/mol. The van der Waals surface area contributed by atoms with E-state index in [0.717, 1.165) is 36.3 Å². The number of nitrogens with one attached hydrogen (secondary N) is 1. The van der Waals surface area contributed by atoms with Crippen molar-refractivity contribution >= 4 is 23.0 Å². The number of alkyl halides is 1. The van der Waals surface area contributed by atoms with Gasteiger partial charge in [-0.3, -0.25) is 0 Å². The molecule has 4 nitrogen and oxygen atoms in total. The van der Waals surface area contributed by atoms with Crippen LogP contribution in [0, 0.1) is 5.53 Å². The molecule has 0 spiro atoms. The van der Waals surface area contributed by atoms with Gasteiger partial charge in [0.15, 0.2) is 0 Å². The van der Waals surface area contributed by atoms with Crippen LogP contribution in [0.4, 0.5) is 11.4 Å². The molecule has 5 heteroatoms. The average Bonchev–Trinajstić information content (AvgIpc) is 2.45. The number of benzene rings is 1. The van der Waals surface area contributed by atoms with Gasteiger partial charge in [-0.05, 0) is 37.1 Å². The van der Waals surface area contributed by atoms with Crippen LogP contribution < -0.4 is 4.90 Å². The quantitative estimate of drug-likeness (QED) is 0.543. The van der Waals surface area contributed by atoms with E-state index in [2.05, 4.69) is 29.9 Å². The van der Waals surface area contributed by atoms with Gasteiger partial charge in [-0.15, -0.1) is 11.6 Å². The van der Waals surface area contributed by atoms with Gasteiger partial charge in [-0.1, -0.05) is 13.3 Å². The Morgan fingerprint density at radius 2 is 2.20 bits per heavy atom. The molecule has 0 fully saturated rings. The second-order valence-electron chi connectivity index (χ2n) is 4.86. The highest BCUT2D eigenvalue weighted by atomic mass is 35.5. The average molecular weight is 298 g/mol. The fourth-order valence-electron chi connectivity index (χ4n) is 2.36. The summed E-state index contributed by atoms with van der Waals surface area (Å²) in [5.41, 5.74) is 10.2. The first-order valence-corrected chi connectivity index (χ1v) is 7.53. The van der Waals surface area contributed by atoms with E-state index in [1.807, 2.05) is 12.1 Å². The van der Waals surface area contributed by atoms with Crippen molar-refractivity contribution in [2.75, 3.05) is 31.0 Å². The van der Waals surface area contributed by atoms with Crippen molar-refractivity contribution in [3.8, 4) is 0 Å². The van der Waals surface area contributed by atoms with Crippen LogP contribution in [0.1, 0.15) is 25.8 Å². The predicted molar refractivity (Wildman–Crippen MR) is 84.6 cm³/mol. The van der Waals surface area contributed by atoms with Crippen molar-refractivity contribution in [3.63, 3.8) is 0 Å². The van der Waals surface area contributed by atoms with Gasteiger partial charge >= 0.3 is 0 Å². The number of aryl methyl sites for hydroxylation is 1. The summed E-state index contributed by atoms with van der Waals surface area (Å²) in [6.07, 6.45) is 1.97. The zero-order chi connectivity index (χ0) is 15.0. The Morgan fingerprint density at radius 1 is 1.45 bits per heavy atom. The van der Waals surface area contributed by atoms with E-state index in [9.17, 15) is 0 Å². The summed E-state index contributed by atoms with van der Waals surface area (Å²) in [6.45, 7) is 5.68. The Bertz CT molecular complexity index is 426. The lowest BCUT2D eigenvalue weighted by Crippen LogP contribution is -2.37. The molecule has 1 atom stereocenters. The summed E-state index contributed by atoms with van der Waals surface area (Å²) in [5, 5.41) is 3.60. The van der Waals surface area contributed by atoms with Gasteiger partial charge < -0.3 is 9.64 Å². The second-order valence-corrected chi connectivity index (χ2v) is 5.24. The lowest BCUT2D eigenvalue weighted by atomic mass is 10.1. The number of hydrogen-bond donors (Lipinski definition) is 1. The number of ether oxygens (including phenoxy) is 1. The number of anilines is 1. The maximum absolute atomic E-state index is 7.24. The van der Waals surface area contributed by atoms with Crippen LogP contribution in [0.5, 0.6) is 0 Å². The van der Waals surface area contributed by atoms with E-state index in [-0.39, 0.29) is 6.04 Å². The number of methoxy groups -OCH3 is 1. The van der Waals surface area contributed by atoms with Crippen LogP contribution >= 0.6 is 11.6 Å². The number of halogens is 1. The molecule has 1 aromatic carbocycles. The van der Waals surface area contributed by atoms with E-state index < -0.39 is 0 Å². The fourth-order valence-corrected chi connectivity index (χ4v) is 2.54. The van der Waals surface area contributed by atoms with Crippen LogP contribution in [0.25, 0.3) is 0 Å². The first kappa shape index (κ1) is 16.9. The molecule has 1 unspecified atom stereocenters. The zero-order valence-corrected chi connectivity index (χ0v) is 13.3. The molecule has 0 aliphatic rings. The Morgan fingerprint density at radius 3 is 2.75 bits per heavy atom. The highest BCUT2D eigenvalue weighted by molar-refractivity contribution is 6.18. The van der Waals surface area contributed by atoms with Gasteiger partial charge in [-0.2, -0.15) is 5.11 Å². The van der Waals surface area contributed by atoms with Gasteiger partial charge in [0.1, 0.15) is 0 Å². The molecule has 0 aliphatic heterocycles. The topological polar surface area (TPSA) is 48.7 Å². The van der Waals surface area contributed by atoms with Gasteiger partial charge in [-0.25, -0.2) is 5.53 Å². The molecule has 112 valence electrons. The highest BCUT2D eigenvalue weighted by Crippen LogP contribution is 2.27. The van der Waals surface area contributed by atoms with E-state index in [1.54, 1.807) is 7.11 Å². The summed E-state index contributed by atoms with van der Waals surface area (Å²) in [7, 11) is 1.71. The van der Waals surface area contributed by atoms with Crippen molar-refractivity contribution in [2.45, 2.75) is 32.7 Å². The molecule has 20 heavy (non-hydrogen) atoms. The molecule has 1 rings (SSSR count). The fraction of sp³-hybridized carbons (Fsp3) is 0.600. The SMILES string of the molecule is CCCc1cc(N(CCCl)C(C)COC)ccc1N=N. The largest absolute Gasteiger partial charge is 0.383 e. The lowest BCUT2D eigenvalue weighted by Gasteiger charge is -2.31. The first-order valence-electron chi connectivity index (χ1n) is 6.99. The molecule has 1 aromatic rings. The second kappa shape index (κ2) is 8.93. The van der Waals surface area contributed by atoms with E-state index in [4.69, 9.17) is 21.9 Å². The Labute approximate surface area is 126 Å². The van der Waals surface area contributed by atoms with Crippen molar-refractivity contribution in [1.82, 2.24) is 0 Å². The third-order valence-corrected chi connectivity index (χ3v) is 3.47. The summed E-state index contributed by atoms with van der Waals surface area (Å²) in [6, 6.07) is 6.29. The molecule has 1 N–H and O–H groups in total. The molecule has 0 amide bonds. The van der Waals surface area contributed by atoms with E-state index in [0.29, 0.717) is 12.5 Å². The molecule has 0 saturated heterocycles. The van der Waals surface area contributed by atoms with E-state index >= 15 is 0 Å². The number of hydrogen-bond acceptors (Lipinski definition) is 4. The monoisotopic (exact) mass is 297 g/mol. The summed E-state index contributed by atoms with van der Waals surface area (Å²) >= 11 is 5.92. The predicted octanol–water partition coefficient (Wildman–Crippen LogP) is 4.38. The maximum Gasteiger partial charge on any atom is 0.0883 e. The lowest BCUT2D eigenvalue weighted by molar-refractivity contribution is 0.182. The van der Waals surface area contributed by atoms with Crippen LogP contribution in [0.2, 0.25) is 0 Å². The molecule has 0 aromatic heterocycles. The van der Waals surface area contributed by atoms with Crippen LogP contribution in [-0.2, 0) is 11.2 Å². The minimum Gasteiger partial charge on any atom is -0.383 e. The summed E-state index contributed by atoms with van der Waals surface area (Å²) in [5.74, 6) is 0.571. The van der Waals surface area contributed by atoms with Crippen LogP contribution in [0.3, 0.4) is 0 Å². The molecule has 0 aliphatic carbocycles. The van der Waals surface area contributed by atoms with Gasteiger partial charge in [0.05, 0.1) is 12.3 Å². The smallest absolute Gasteiger partial charge is 0.0883 e. The molecule has 0 radical (unpaired) electrons. The van der Waals surface area contributed by atoms with Crippen LogP contribution in [0.15, 0.2) is 23.3 Å². The Hall–Kier alpha value is -1.13. The molecule has 0 bridgehead atoms. The Kier molecular flexibility index (Phi) is 7.55.